The van der Waals surface area contributed by atoms with E-state index in [-0.39, 0.29) is 17.9 Å². The van der Waals surface area contributed by atoms with Gasteiger partial charge in [-0.3, -0.25) is 9.69 Å². The molecule has 4 heteroatoms. The first-order valence-corrected chi connectivity index (χ1v) is 6.63. The van der Waals surface area contributed by atoms with E-state index in [9.17, 15) is 9.90 Å². The molecule has 1 heterocycles. The lowest BCUT2D eigenvalue weighted by molar-refractivity contribution is 0.0867. The van der Waals surface area contributed by atoms with Crippen molar-refractivity contribution in [2.24, 2.45) is 0 Å². The van der Waals surface area contributed by atoms with Crippen LogP contribution in [0.15, 0.2) is 24.3 Å². The molecule has 19 heavy (non-hydrogen) atoms. The van der Waals surface area contributed by atoms with Gasteiger partial charge in [0.1, 0.15) is 0 Å². The van der Waals surface area contributed by atoms with Crippen molar-refractivity contribution in [3.63, 3.8) is 0 Å². The molecule has 1 unspecified atom stereocenters. The van der Waals surface area contributed by atoms with Crippen LogP contribution in [0.3, 0.4) is 0 Å². The number of aliphatic hydroxyl groups excluding tert-OH is 1. The Kier molecular flexibility index (Phi) is 3.92. The largest absolute Gasteiger partial charge is 0.394 e. The summed E-state index contributed by atoms with van der Waals surface area (Å²) >= 11 is 0. The molecule has 0 amide bonds. The number of ketones is 1. The first-order valence-electron chi connectivity index (χ1n) is 6.63. The molecule has 4 nitrogen and oxygen atoms in total. The molecule has 1 aromatic rings. The summed E-state index contributed by atoms with van der Waals surface area (Å²) in [6.45, 7) is 3.43. The molecule has 0 spiro atoms. The molecule has 1 saturated heterocycles. The second kappa shape index (κ2) is 5.31. The fraction of sp³-hybridized carbons (Fsp3) is 0.533. The van der Waals surface area contributed by atoms with Crippen LogP contribution in [-0.4, -0.2) is 55.1 Å². The van der Waals surface area contributed by atoms with E-state index >= 15 is 0 Å². The number of anilines is 1. The van der Waals surface area contributed by atoms with Crippen LogP contribution in [0.25, 0.3) is 0 Å². The maximum Gasteiger partial charge on any atom is 0.159 e. The van der Waals surface area contributed by atoms with E-state index in [1.165, 1.54) is 0 Å². The fourth-order valence-electron chi connectivity index (χ4n) is 2.63. The molecule has 1 aliphatic rings. The lowest BCUT2D eigenvalue weighted by Crippen LogP contribution is -2.49. The molecule has 2 rings (SSSR count). The van der Waals surface area contributed by atoms with E-state index in [2.05, 4.69) is 9.80 Å². The first-order chi connectivity index (χ1) is 8.98. The standard InChI is InChI=1S/C15H22N2O2/c1-12(19)13-5-4-6-14(9-13)17-8-7-15(10-17,11-18)16(2)3/h4-6,9,18H,7-8,10-11H2,1-3H3. The predicted octanol–water partition coefficient (Wildman–Crippen LogP) is 1.39. The quantitative estimate of drug-likeness (QED) is 0.833. The Balaban J connectivity index is 2.21. The number of nitrogens with zero attached hydrogens (tertiary/aromatic N) is 2. The minimum atomic E-state index is -0.174. The molecule has 104 valence electrons. The highest BCUT2D eigenvalue weighted by molar-refractivity contribution is 5.95. The summed E-state index contributed by atoms with van der Waals surface area (Å²) in [6.07, 6.45) is 0.931. The van der Waals surface area contributed by atoms with Gasteiger partial charge in [-0.15, -0.1) is 0 Å². The molecule has 1 atom stereocenters. The maximum atomic E-state index is 11.4. The van der Waals surface area contributed by atoms with Gasteiger partial charge < -0.3 is 10.0 Å². The second-order valence-electron chi connectivity index (χ2n) is 5.55. The molecular weight excluding hydrogens is 240 g/mol. The highest BCUT2D eigenvalue weighted by atomic mass is 16.3. The number of hydrogen-bond donors (Lipinski definition) is 1. The second-order valence-corrected chi connectivity index (χ2v) is 5.55. The molecular formula is C15H22N2O2. The van der Waals surface area contributed by atoms with Gasteiger partial charge in [0.2, 0.25) is 0 Å². The van der Waals surface area contributed by atoms with Crippen molar-refractivity contribution in [2.75, 3.05) is 38.7 Å². The molecule has 0 aromatic heterocycles. The topological polar surface area (TPSA) is 43.8 Å². The van der Waals surface area contributed by atoms with Gasteiger partial charge in [-0.1, -0.05) is 12.1 Å². The summed E-state index contributed by atoms with van der Waals surface area (Å²) in [5.41, 5.74) is 1.63. The molecule has 1 fully saturated rings. The number of benzene rings is 1. The smallest absolute Gasteiger partial charge is 0.159 e. The van der Waals surface area contributed by atoms with E-state index in [0.29, 0.717) is 0 Å². The zero-order chi connectivity index (χ0) is 14.0. The number of rotatable bonds is 4. The van der Waals surface area contributed by atoms with Gasteiger partial charge in [0.05, 0.1) is 12.1 Å². The van der Waals surface area contributed by atoms with Crippen LogP contribution in [0.4, 0.5) is 5.69 Å². The summed E-state index contributed by atoms with van der Waals surface area (Å²) in [4.78, 5) is 15.8. The van der Waals surface area contributed by atoms with Crippen molar-refractivity contribution >= 4 is 11.5 Å². The minimum Gasteiger partial charge on any atom is -0.394 e. The normalized spacial score (nSPS) is 23.1. The van der Waals surface area contributed by atoms with E-state index in [0.717, 1.165) is 30.8 Å². The number of likely N-dealkylation sites (N-methyl/N-ethyl adjacent to an activating group) is 1. The third kappa shape index (κ3) is 2.65. The Bertz CT molecular complexity index is 473. The molecule has 0 radical (unpaired) electrons. The zero-order valence-corrected chi connectivity index (χ0v) is 11.9. The van der Waals surface area contributed by atoms with E-state index in [4.69, 9.17) is 0 Å². The summed E-state index contributed by atoms with van der Waals surface area (Å²) < 4.78 is 0. The summed E-state index contributed by atoms with van der Waals surface area (Å²) in [5.74, 6) is 0.0853. The Morgan fingerprint density at radius 3 is 2.74 bits per heavy atom. The van der Waals surface area contributed by atoms with Gasteiger partial charge in [-0.05, 0) is 39.6 Å². The minimum absolute atomic E-state index is 0.0853. The van der Waals surface area contributed by atoms with Crippen LogP contribution in [0.5, 0.6) is 0 Å². The van der Waals surface area contributed by atoms with Crippen molar-refractivity contribution in [3.05, 3.63) is 29.8 Å². The Morgan fingerprint density at radius 2 is 2.21 bits per heavy atom. The van der Waals surface area contributed by atoms with Gasteiger partial charge in [-0.25, -0.2) is 0 Å². The fourth-order valence-corrected chi connectivity index (χ4v) is 2.63. The van der Waals surface area contributed by atoms with Gasteiger partial charge in [-0.2, -0.15) is 0 Å². The molecule has 0 saturated carbocycles. The molecule has 1 N–H and O–H groups in total. The number of hydrogen-bond acceptors (Lipinski definition) is 4. The van der Waals surface area contributed by atoms with Gasteiger partial charge in [0, 0.05) is 24.3 Å². The maximum absolute atomic E-state index is 11.4. The van der Waals surface area contributed by atoms with Crippen LogP contribution < -0.4 is 4.90 Å². The molecule has 1 aliphatic heterocycles. The lowest BCUT2D eigenvalue weighted by Gasteiger charge is -2.34. The Morgan fingerprint density at radius 1 is 1.47 bits per heavy atom. The van der Waals surface area contributed by atoms with Crippen molar-refractivity contribution in [3.8, 4) is 0 Å². The Labute approximate surface area is 114 Å². The summed E-state index contributed by atoms with van der Waals surface area (Å²) in [7, 11) is 4.01. The molecule has 0 aliphatic carbocycles. The average Bonchev–Trinajstić information content (AvgIpc) is 2.84. The number of aliphatic hydroxyl groups is 1. The van der Waals surface area contributed by atoms with Gasteiger partial charge in [0.25, 0.3) is 0 Å². The highest BCUT2D eigenvalue weighted by Gasteiger charge is 2.39. The Hall–Kier alpha value is -1.39. The van der Waals surface area contributed by atoms with Crippen LogP contribution in [0, 0.1) is 0 Å². The van der Waals surface area contributed by atoms with Gasteiger partial charge in [0.15, 0.2) is 5.78 Å². The van der Waals surface area contributed by atoms with Crippen LogP contribution >= 0.6 is 0 Å². The van der Waals surface area contributed by atoms with E-state index in [1.807, 2.05) is 38.4 Å². The lowest BCUT2D eigenvalue weighted by atomic mass is 9.98. The summed E-state index contributed by atoms with van der Waals surface area (Å²) in [6, 6.07) is 7.72. The van der Waals surface area contributed by atoms with E-state index in [1.54, 1.807) is 6.92 Å². The SMILES string of the molecule is CC(=O)c1cccc(N2CCC(CO)(N(C)C)C2)c1. The van der Waals surface area contributed by atoms with Gasteiger partial charge >= 0.3 is 0 Å². The monoisotopic (exact) mass is 262 g/mol. The molecule has 0 bridgehead atoms. The number of carbonyl (C=O) groups is 1. The zero-order valence-electron chi connectivity index (χ0n) is 11.9. The van der Waals surface area contributed by atoms with Crippen LogP contribution in [-0.2, 0) is 0 Å². The van der Waals surface area contributed by atoms with Crippen molar-refractivity contribution in [2.45, 2.75) is 18.9 Å². The van der Waals surface area contributed by atoms with Crippen molar-refractivity contribution < 1.29 is 9.90 Å². The number of Topliss-reactive ketones (excluding diaryl/α,β-unsaturated/α-hetero) is 1. The highest BCUT2D eigenvalue weighted by Crippen LogP contribution is 2.30. The number of carbonyl (C=O) groups excluding carboxylic acids is 1. The average molecular weight is 262 g/mol. The molecule has 1 aromatic carbocycles. The first kappa shape index (κ1) is 14.0. The van der Waals surface area contributed by atoms with Crippen LogP contribution in [0.2, 0.25) is 0 Å². The predicted molar refractivity (Wildman–Crippen MR) is 76.8 cm³/mol. The third-order valence-corrected chi connectivity index (χ3v) is 4.19. The summed E-state index contributed by atoms with van der Waals surface area (Å²) in [5, 5.41) is 9.67. The van der Waals surface area contributed by atoms with E-state index < -0.39 is 0 Å². The third-order valence-electron chi connectivity index (χ3n) is 4.19. The van der Waals surface area contributed by atoms with Crippen molar-refractivity contribution in [1.29, 1.82) is 0 Å². The van der Waals surface area contributed by atoms with Crippen molar-refractivity contribution in [1.82, 2.24) is 4.90 Å². The van der Waals surface area contributed by atoms with Crippen LogP contribution in [0.1, 0.15) is 23.7 Å².